The van der Waals surface area contributed by atoms with Gasteiger partial charge in [0.15, 0.2) is 23.1 Å². The van der Waals surface area contributed by atoms with E-state index < -0.39 is 22.8 Å². The molecule has 10 heteroatoms. The average molecular weight is 438 g/mol. The number of hydrogen-bond acceptors (Lipinski definition) is 7. The van der Waals surface area contributed by atoms with Gasteiger partial charge in [0.25, 0.3) is 0 Å². The van der Waals surface area contributed by atoms with Crippen molar-refractivity contribution in [3.63, 3.8) is 0 Å². The Bertz CT molecular complexity index is 1340. The van der Waals surface area contributed by atoms with Crippen molar-refractivity contribution in [2.24, 2.45) is 0 Å². The summed E-state index contributed by atoms with van der Waals surface area (Å²) in [7, 11) is 0. The Kier molecular flexibility index (Phi) is 4.12. The van der Waals surface area contributed by atoms with E-state index in [0.29, 0.717) is 24.1 Å². The summed E-state index contributed by atoms with van der Waals surface area (Å²) < 4.78 is 27.4. The largest absolute Gasteiger partial charge is 0.477 e. The number of fused-ring (bicyclic) bond motifs is 4. The minimum atomic E-state index is -1.37. The van der Waals surface area contributed by atoms with Crippen LogP contribution in [0.3, 0.4) is 0 Å². The zero-order valence-corrected chi connectivity index (χ0v) is 16.9. The van der Waals surface area contributed by atoms with E-state index in [-0.39, 0.29) is 36.2 Å². The SMILES string of the molecule is O=C(O)c1cn(Cc2ccc3c(c2)OCO3)c2nc(N3C[C@@H]4C[C@H]3CN4)c(F)cc2c1=O. The predicted octanol–water partition coefficient (Wildman–Crippen LogP) is 1.56. The molecule has 3 aliphatic rings. The van der Waals surface area contributed by atoms with Crippen molar-refractivity contribution in [3.05, 3.63) is 57.6 Å². The normalized spacial score (nSPS) is 21.0. The van der Waals surface area contributed by atoms with Crippen LogP contribution in [0.15, 0.2) is 35.3 Å². The first kappa shape index (κ1) is 19.1. The number of nitrogens with one attached hydrogen (secondary N) is 1. The fourth-order valence-electron chi connectivity index (χ4n) is 4.81. The number of halogens is 1. The van der Waals surface area contributed by atoms with E-state index in [0.717, 1.165) is 24.6 Å². The topological polar surface area (TPSA) is 106 Å². The highest BCUT2D eigenvalue weighted by Gasteiger charge is 2.39. The minimum Gasteiger partial charge on any atom is -0.477 e. The van der Waals surface area contributed by atoms with E-state index in [4.69, 9.17) is 9.47 Å². The first-order valence-electron chi connectivity index (χ1n) is 10.3. The zero-order chi connectivity index (χ0) is 22.0. The number of aromatic carboxylic acids is 1. The molecule has 0 unspecified atom stereocenters. The summed E-state index contributed by atoms with van der Waals surface area (Å²) in [5.74, 6) is -0.590. The lowest BCUT2D eigenvalue weighted by atomic mass is 10.1. The number of pyridine rings is 2. The number of aromatic nitrogens is 2. The molecule has 6 rings (SSSR count). The summed E-state index contributed by atoms with van der Waals surface area (Å²) >= 11 is 0. The van der Waals surface area contributed by atoms with Crippen LogP contribution >= 0.6 is 0 Å². The fourth-order valence-corrected chi connectivity index (χ4v) is 4.81. The summed E-state index contributed by atoms with van der Waals surface area (Å²) in [5, 5.41) is 12.8. The third kappa shape index (κ3) is 2.90. The Morgan fingerprint density at radius 2 is 2.12 bits per heavy atom. The van der Waals surface area contributed by atoms with Crippen LogP contribution in [-0.2, 0) is 6.54 Å². The molecule has 2 N–H and O–H groups in total. The van der Waals surface area contributed by atoms with Crippen LogP contribution in [0, 0.1) is 5.82 Å². The van der Waals surface area contributed by atoms with Gasteiger partial charge in [-0.1, -0.05) is 6.07 Å². The van der Waals surface area contributed by atoms with Crippen molar-refractivity contribution < 1.29 is 23.8 Å². The number of hydrogen-bond donors (Lipinski definition) is 2. The van der Waals surface area contributed by atoms with Crippen LogP contribution in [0.4, 0.5) is 10.2 Å². The van der Waals surface area contributed by atoms with E-state index in [9.17, 15) is 14.7 Å². The summed E-state index contributed by atoms with van der Waals surface area (Å²) in [6.07, 6.45) is 2.19. The molecule has 2 fully saturated rings. The lowest BCUT2D eigenvalue weighted by molar-refractivity contribution is 0.0695. The highest BCUT2D eigenvalue weighted by atomic mass is 19.1. The maximum Gasteiger partial charge on any atom is 0.341 e. The van der Waals surface area contributed by atoms with Gasteiger partial charge in [0.05, 0.1) is 5.39 Å². The quantitative estimate of drug-likeness (QED) is 0.632. The Morgan fingerprint density at radius 3 is 2.88 bits per heavy atom. The highest BCUT2D eigenvalue weighted by Crippen LogP contribution is 2.34. The van der Waals surface area contributed by atoms with Gasteiger partial charge >= 0.3 is 5.97 Å². The Labute approximate surface area is 181 Å². The molecular weight excluding hydrogens is 419 g/mol. The lowest BCUT2D eigenvalue weighted by Crippen LogP contribution is -2.44. The minimum absolute atomic E-state index is 0.0608. The molecule has 164 valence electrons. The van der Waals surface area contributed by atoms with Gasteiger partial charge in [-0.25, -0.2) is 14.2 Å². The van der Waals surface area contributed by atoms with Gasteiger partial charge < -0.3 is 29.4 Å². The molecule has 0 spiro atoms. The number of benzene rings is 1. The molecule has 2 aromatic heterocycles. The number of rotatable bonds is 4. The molecule has 5 heterocycles. The second-order valence-electron chi connectivity index (χ2n) is 8.30. The number of nitrogens with zero attached hydrogens (tertiary/aromatic N) is 3. The highest BCUT2D eigenvalue weighted by molar-refractivity contribution is 5.92. The smallest absolute Gasteiger partial charge is 0.341 e. The first-order valence-corrected chi connectivity index (χ1v) is 10.3. The third-order valence-corrected chi connectivity index (χ3v) is 6.33. The first-order chi connectivity index (χ1) is 15.5. The van der Waals surface area contributed by atoms with Crippen LogP contribution in [-0.4, -0.2) is 52.6 Å². The van der Waals surface area contributed by atoms with Gasteiger partial charge in [-0.05, 0) is 30.2 Å². The monoisotopic (exact) mass is 438 g/mol. The maximum atomic E-state index is 15.1. The molecule has 2 bridgehead atoms. The van der Waals surface area contributed by atoms with Gasteiger partial charge in [-0.2, -0.15) is 0 Å². The molecule has 3 aromatic rings. The third-order valence-electron chi connectivity index (χ3n) is 6.33. The average Bonchev–Trinajstić information content (AvgIpc) is 3.52. The van der Waals surface area contributed by atoms with Gasteiger partial charge in [-0.3, -0.25) is 4.79 Å². The van der Waals surface area contributed by atoms with Gasteiger partial charge in [0, 0.05) is 37.9 Å². The van der Waals surface area contributed by atoms with Gasteiger partial charge in [-0.15, -0.1) is 0 Å². The number of ether oxygens (including phenoxy) is 2. The molecule has 0 saturated carbocycles. The zero-order valence-electron chi connectivity index (χ0n) is 16.9. The van der Waals surface area contributed by atoms with Crippen LogP contribution in [0.2, 0.25) is 0 Å². The molecule has 0 radical (unpaired) electrons. The maximum absolute atomic E-state index is 15.1. The van der Waals surface area contributed by atoms with Crippen LogP contribution < -0.4 is 25.1 Å². The molecule has 1 aromatic carbocycles. The standard InChI is InChI=1S/C22H19FN4O5/c23-16-5-14-19(28)15(22(29)30)9-26(7-11-1-2-17-18(3-11)32-10-31-17)20(14)25-21(16)27-8-12-4-13(27)6-24-12/h1-3,5,9,12-13,24H,4,6-8,10H2,(H,29,30)/t12-,13-/m0/s1. The van der Waals surface area contributed by atoms with Crippen LogP contribution in [0.5, 0.6) is 11.5 Å². The summed E-state index contributed by atoms with van der Waals surface area (Å²) in [4.78, 5) is 30.9. The van der Waals surface area contributed by atoms with E-state index in [1.807, 2.05) is 11.0 Å². The summed E-state index contributed by atoms with van der Waals surface area (Å²) in [6, 6.07) is 6.94. The summed E-state index contributed by atoms with van der Waals surface area (Å²) in [5.41, 5.74) is -0.147. The Morgan fingerprint density at radius 1 is 1.28 bits per heavy atom. The molecule has 9 nitrogen and oxygen atoms in total. The molecule has 0 amide bonds. The number of carboxylic acid groups (broad SMARTS) is 1. The van der Waals surface area contributed by atoms with Crippen LogP contribution in [0.1, 0.15) is 22.3 Å². The Balaban J connectivity index is 1.50. The van der Waals surface area contributed by atoms with Crippen molar-refractivity contribution in [3.8, 4) is 11.5 Å². The van der Waals surface area contributed by atoms with Gasteiger partial charge in [0.1, 0.15) is 11.2 Å². The molecule has 3 aliphatic heterocycles. The van der Waals surface area contributed by atoms with E-state index in [2.05, 4.69) is 10.3 Å². The second kappa shape index (κ2) is 6.92. The number of carbonyl (C=O) groups is 1. The second-order valence-corrected chi connectivity index (χ2v) is 8.30. The number of carboxylic acids is 1. The number of anilines is 1. The van der Waals surface area contributed by atoms with Crippen molar-refractivity contribution in [1.82, 2.24) is 14.9 Å². The van der Waals surface area contributed by atoms with Crippen LogP contribution in [0.25, 0.3) is 11.0 Å². The van der Waals surface area contributed by atoms with Crippen molar-refractivity contribution >= 4 is 22.8 Å². The van der Waals surface area contributed by atoms with Crippen molar-refractivity contribution in [2.45, 2.75) is 25.0 Å². The molecular formula is C22H19FN4O5. The molecule has 0 aliphatic carbocycles. The van der Waals surface area contributed by atoms with E-state index in [1.54, 1.807) is 16.7 Å². The van der Waals surface area contributed by atoms with Crippen molar-refractivity contribution in [2.75, 3.05) is 24.8 Å². The molecule has 2 atom stereocenters. The van der Waals surface area contributed by atoms with Crippen molar-refractivity contribution in [1.29, 1.82) is 0 Å². The predicted molar refractivity (Wildman–Crippen MR) is 112 cm³/mol. The van der Waals surface area contributed by atoms with Gasteiger partial charge in [0.2, 0.25) is 12.2 Å². The fraction of sp³-hybridized carbons (Fsp3) is 0.318. The van der Waals surface area contributed by atoms with E-state index in [1.165, 1.54) is 6.20 Å². The number of piperazine rings is 1. The molecule has 32 heavy (non-hydrogen) atoms. The van der Waals surface area contributed by atoms with E-state index >= 15 is 4.39 Å². The Hall–Kier alpha value is -3.66. The molecule has 2 saturated heterocycles. The summed E-state index contributed by atoms with van der Waals surface area (Å²) in [6.45, 7) is 1.75. The lowest BCUT2D eigenvalue weighted by Gasteiger charge is -2.29.